The molecular formula is C22H34N4O2. The molecule has 1 aromatic rings. The molecule has 0 bridgehead atoms. The maximum absolute atomic E-state index is 12.7. The second-order valence-electron chi connectivity index (χ2n) is 8.01. The summed E-state index contributed by atoms with van der Waals surface area (Å²) in [5.41, 5.74) is 6.33. The zero-order valence-electron chi connectivity index (χ0n) is 17.1. The van der Waals surface area contributed by atoms with Crippen LogP contribution in [0.15, 0.2) is 30.3 Å². The van der Waals surface area contributed by atoms with Gasteiger partial charge in [-0.25, -0.2) is 0 Å². The van der Waals surface area contributed by atoms with Gasteiger partial charge in [-0.2, -0.15) is 0 Å². The molecule has 0 spiro atoms. The number of amides is 2. The minimum absolute atomic E-state index is 0.150. The average Bonchev–Trinajstić information content (AvgIpc) is 2.74. The van der Waals surface area contributed by atoms with Crippen LogP contribution in [0, 0.1) is 0 Å². The Bertz CT molecular complexity index is 650. The molecule has 154 valence electrons. The lowest BCUT2D eigenvalue weighted by Gasteiger charge is -2.48. The van der Waals surface area contributed by atoms with Crippen molar-refractivity contribution >= 4 is 17.5 Å². The van der Waals surface area contributed by atoms with Crippen molar-refractivity contribution in [3.63, 3.8) is 0 Å². The summed E-state index contributed by atoms with van der Waals surface area (Å²) in [7, 11) is 0. The average molecular weight is 387 g/mol. The normalized spacial score (nSPS) is 20.6. The fraction of sp³-hybridized carbons (Fsp3) is 0.636. The Hall–Kier alpha value is -1.92. The van der Waals surface area contributed by atoms with Gasteiger partial charge >= 0.3 is 0 Å². The molecule has 2 amide bonds. The Morgan fingerprint density at radius 2 is 1.68 bits per heavy atom. The van der Waals surface area contributed by atoms with Gasteiger partial charge in [-0.3, -0.25) is 14.5 Å². The minimum Gasteiger partial charge on any atom is -0.368 e. The molecule has 1 aromatic carbocycles. The monoisotopic (exact) mass is 386 g/mol. The highest BCUT2D eigenvalue weighted by atomic mass is 16.2. The third kappa shape index (κ3) is 4.55. The van der Waals surface area contributed by atoms with Crippen molar-refractivity contribution in [2.45, 2.75) is 51.0 Å². The Labute approximate surface area is 168 Å². The predicted molar refractivity (Wildman–Crippen MR) is 112 cm³/mol. The highest BCUT2D eigenvalue weighted by Gasteiger charge is 2.45. The Morgan fingerprint density at radius 1 is 1.04 bits per heavy atom. The summed E-state index contributed by atoms with van der Waals surface area (Å²) < 4.78 is 0. The molecule has 6 nitrogen and oxygen atoms in total. The van der Waals surface area contributed by atoms with E-state index in [-0.39, 0.29) is 11.8 Å². The van der Waals surface area contributed by atoms with Gasteiger partial charge in [0.05, 0.1) is 0 Å². The van der Waals surface area contributed by atoms with E-state index in [4.69, 9.17) is 5.73 Å². The molecule has 2 heterocycles. The van der Waals surface area contributed by atoms with E-state index >= 15 is 0 Å². The summed E-state index contributed by atoms with van der Waals surface area (Å²) in [6.07, 6.45) is 5.59. The van der Waals surface area contributed by atoms with Crippen LogP contribution in [0.2, 0.25) is 0 Å². The van der Waals surface area contributed by atoms with Gasteiger partial charge < -0.3 is 15.5 Å². The molecule has 0 radical (unpaired) electrons. The van der Waals surface area contributed by atoms with E-state index in [1.165, 1.54) is 6.42 Å². The molecule has 0 saturated carbocycles. The summed E-state index contributed by atoms with van der Waals surface area (Å²) in [4.78, 5) is 31.5. The number of carbonyl (C=O) groups is 2. The van der Waals surface area contributed by atoms with Gasteiger partial charge in [0.15, 0.2) is 0 Å². The van der Waals surface area contributed by atoms with Crippen LogP contribution in [0.4, 0.5) is 5.69 Å². The smallest absolute Gasteiger partial charge is 0.238 e. The van der Waals surface area contributed by atoms with E-state index in [1.807, 2.05) is 42.2 Å². The summed E-state index contributed by atoms with van der Waals surface area (Å²) in [5.74, 6) is -0.0252. The first-order chi connectivity index (χ1) is 13.6. The molecule has 0 unspecified atom stereocenters. The third-order valence-corrected chi connectivity index (χ3v) is 6.43. The zero-order chi connectivity index (χ0) is 20.0. The van der Waals surface area contributed by atoms with Crippen molar-refractivity contribution in [2.24, 2.45) is 5.73 Å². The number of hydrogen-bond acceptors (Lipinski definition) is 4. The topological polar surface area (TPSA) is 69.9 Å². The second-order valence-corrected chi connectivity index (χ2v) is 8.01. The molecule has 0 atom stereocenters. The van der Waals surface area contributed by atoms with Gasteiger partial charge in [-0.05, 0) is 57.8 Å². The van der Waals surface area contributed by atoms with Crippen molar-refractivity contribution in [3.05, 3.63) is 30.3 Å². The van der Waals surface area contributed by atoms with Gasteiger partial charge in [0.2, 0.25) is 11.8 Å². The quantitative estimate of drug-likeness (QED) is 0.780. The standard InChI is InChI=1S/C22H34N4O2/c1-2-26(19-9-5-3-6-10-19)20(27)11-16-24-17-12-22(13-18-24,21(23)28)25-14-7-4-8-15-25/h3,5-6,9-10H,2,4,7-8,11-18H2,1H3,(H2,23,28). The fourth-order valence-electron chi connectivity index (χ4n) is 4.69. The van der Waals surface area contributed by atoms with Crippen molar-refractivity contribution in [1.82, 2.24) is 9.80 Å². The van der Waals surface area contributed by atoms with E-state index in [2.05, 4.69) is 9.80 Å². The van der Waals surface area contributed by atoms with Crippen LogP contribution in [0.3, 0.4) is 0 Å². The molecule has 3 rings (SSSR count). The fourth-order valence-corrected chi connectivity index (χ4v) is 4.69. The Balaban J connectivity index is 1.53. The number of nitrogens with zero attached hydrogens (tertiary/aromatic N) is 3. The molecule has 2 saturated heterocycles. The summed E-state index contributed by atoms with van der Waals surface area (Å²) in [6.45, 7) is 7.01. The first kappa shape index (κ1) is 20.8. The van der Waals surface area contributed by atoms with Gasteiger partial charge in [0.1, 0.15) is 5.54 Å². The van der Waals surface area contributed by atoms with E-state index in [0.29, 0.717) is 13.0 Å². The maximum Gasteiger partial charge on any atom is 0.238 e. The van der Waals surface area contributed by atoms with Crippen LogP contribution >= 0.6 is 0 Å². The van der Waals surface area contributed by atoms with Gasteiger partial charge in [0, 0.05) is 38.3 Å². The van der Waals surface area contributed by atoms with E-state index in [9.17, 15) is 9.59 Å². The number of benzene rings is 1. The number of rotatable bonds is 7. The van der Waals surface area contributed by atoms with Crippen LogP contribution in [0.5, 0.6) is 0 Å². The number of piperidine rings is 2. The second kappa shape index (κ2) is 9.52. The van der Waals surface area contributed by atoms with Crippen LogP contribution in [-0.2, 0) is 9.59 Å². The SMILES string of the molecule is CCN(C(=O)CCN1CCC(C(N)=O)(N2CCCCC2)CC1)c1ccccc1. The lowest BCUT2D eigenvalue weighted by molar-refractivity contribution is -0.135. The summed E-state index contributed by atoms with van der Waals surface area (Å²) in [6, 6.07) is 9.83. The van der Waals surface area contributed by atoms with E-state index in [0.717, 1.165) is 64.1 Å². The molecule has 28 heavy (non-hydrogen) atoms. The number of hydrogen-bond donors (Lipinski definition) is 1. The van der Waals surface area contributed by atoms with Crippen LogP contribution in [0.25, 0.3) is 0 Å². The van der Waals surface area contributed by atoms with Crippen molar-refractivity contribution < 1.29 is 9.59 Å². The van der Waals surface area contributed by atoms with Gasteiger partial charge in [0.25, 0.3) is 0 Å². The molecule has 2 fully saturated rings. The van der Waals surface area contributed by atoms with Gasteiger partial charge in [-0.1, -0.05) is 24.6 Å². The highest BCUT2D eigenvalue weighted by molar-refractivity contribution is 5.93. The van der Waals surface area contributed by atoms with Crippen molar-refractivity contribution in [2.75, 3.05) is 44.2 Å². The van der Waals surface area contributed by atoms with Crippen LogP contribution in [0.1, 0.15) is 45.4 Å². The molecule has 0 aromatic heterocycles. The lowest BCUT2D eigenvalue weighted by Crippen LogP contribution is -2.63. The number of carbonyl (C=O) groups excluding carboxylic acids is 2. The highest BCUT2D eigenvalue weighted by Crippen LogP contribution is 2.31. The minimum atomic E-state index is -0.486. The first-order valence-corrected chi connectivity index (χ1v) is 10.7. The van der Waals surface area contributed by atoms with Crippen molar-refractivity contribution in [1.29, 1.82) is 0 Å². The van der Waals surface area contributed by atoms with Crippen LogP contribution in [-0.4, -0.2) is 66.4 Å². The number of anilines is 1. The summed E-state index contributed by atoms with van der Waals surface area (Å²) >= 11 is 0. The largest absolute Gasteiger partial charge is 0.368 e. The van der Waals surface area contributed by atoms with Gasteiger partial charge in [-0.15, -0.1) is 0 Å². The maximum atomic E-state index is 12.7. The molecule has 6 heteroatoms. The molecular weight excluding hydrogens is 352 g/mol. The van der Waals surface area contributed by atoms with E-state index < -0.39 is 5.54 Å². The number of primary amides is 1. The Morgan fingerprint density at radius 3 is 2.25 bits per heavy atom. The molecule has 0 aliphatic carbocycles. The summed E-state index contributed by atoms with van der Waals surface area (Å²) in [5, 5.41) is 0. The zero-order valence-corrected chi connectivity index (χ0v) is 17.1. The number of likely N-dealkylation sites (tertiary alicyclic amines) is 2. The number of para-hydroxylation sites is 1. The molecule has 2 aliphatic rings. The Kier molecular flexibility index (Phi) is 7.08. The number of nitrogens with two attached hydrogens (primary N) is 1. The van der Waals surface area contributed by atoms with Crippen LogP contribution < -0.4 is 10.6 Å². The van der Waals surface area contributed by atoms with E-state index in [1.54, 1.807) is 0 Å². The first-order valence-electron chi connectivity index (χ1n) is 10.7. The molecule has 2 aliphatic heterocycles. The van der Waals surface area contributed by atoms with Crippen molar-refractivity contribution in [3.8, 4) is 0 Å². The molecule has 2 N–H and O–H groups in total. The third-order valence-electron chi connectivity index (χ3n) is 6.43. The lowest BCUT2D eigenvalue weighted by atomic mass is 9.83. The predicted octanol–water partition coefficient (Wildman–Crippen LogP) is 2.24.